The highest BCUT2D eigenvalue weighted by Gasteiger charge is 2.48. The van der Waals surface area contributed by atoms with Gasteiger partial charge in [0.15, 0.2) is 0 Å². The largest absolute Gasteiger partial charge is 0.394 e. The number of hydrogen-bond donors (Lipinski definition) is 5. The summed E-state index contributed by atoms with van der Waals surface area (Å²) in [4.78, 5) is 15.0. The fourth-order valence-corrected chi connectivity index (χ4v) is 5.99. The molecule has 2 saturated heterocycles. The van der Waals surface area contributed by atoms with E-state index >= 15 is 0 Å². The van der Waals surface area contributed by atoms with Crippen LogP contribution in [0.4, 0.5) is 14.5 Å². The average Bonchev–Trinajstić information content (AvgIpc) is 3.03. The molecule has 5 N–H and O–H groups in total. The number of anilines is 1. The molecule has 8 nitrogen and oxygen atoms in total. The van der Waals surface area contributed by atoms with Gasteiger partial charge < -0.3 is 35.2 Å². The molecule has 1 amide bonds. The summed E-state index contributed by atoms with van der Waals surface area (Å²) in [6.45, 7) is -0.468. The van der Waals surface area contributed by atoms with E-state index in [1.807, 2.05) is 36.4 Å². The molecule has 2 heterocycles. The van der Waals surface area contributed by atoms with Gasteiger partial charge in [-0.1, -0.05) is 48.6 Å². The Bertz CT molecular complexity index is 1420. The highest BCUT2D eigenvalue weighted by Crippen LogP contribution is 2.46. The summed E-state index contributed by atoms with van der Waals surface area (Å²) in [5.74, 6) is -1.32. The minimum atomic E-state index is -1.40. The Morgan fingerprint density at radius 1 is 0.818 bits per heavy atom. The molecule has 10 heteroatoms. The van der Waals surface area contributed by atoms with Gasteiger partial charge in [-0.05, 0) is 78.8 Å². The molecule has 2 aliphatic rings. The lowest BCUT2D eigenvalue weighted by atomic mass is 9.78. The number of hydrogen-bond acceptors (Lipinski definition) is 7. The van der Waals surface area contributed by atoms with Crippen LogP contribution >= 0.6 is 0 Å². The second-order valence-electron chi connectivity index (χ2n) is 11.4. The zero-order valence-corrected chi connectivity index (χ0v) is 24.0. The first-order valence-electron chi connectivity index (χ1n) is 14.8. The van der Waals surface area contributed by atoms with E-state index in [4.69, 9.17) is 4.74 Å². The molecule has 0 unspecified atom stereocenters. The summed E-state index contributed by atoms with van der Waals surface area (Å²) in [6.07, 6.45) is -1.17. The SMILES string of the molecule is O=C1[C@H](CC[C@H](O)c2ccc(F)cc2)[C@@H](c2ccc(C=CCC[C@@H]3O[C@H](CO)[C@@H](O)[C@H](O)[C@H]3O)cc2)N1c1ccc(F)cc1. The van der Waals surface area contributed by atoms with Crippen molar-refractivity contribution in [2.45, 2.75) is 68.3 Å². The quantitative estimate of drug-likeness (QED) is 0.209. The van der Waals surface area contributed by atoms with Crippen molar-refractivity contribution in [2.24, 2.45) is 5.92 Å². The van der Waals surface area contributed by atoms with Gasteiger partial charge in [-0.2, -0.15) is 0 Å². The number of benzene rings is 3. The molecule has 0 bridgehead atoms. The van der Waals surface area contributed by atoms with Crippen LogP contribution in [0.1, 0.15) is 54.5 Å². The van der Waals surface area contributed by atoms with Gasteiger partial charge in [-0.25, -0.2) is 8.78 Å². The van der Waals surface area contributed by atoms with Crippen molar-refractivity contribution in [1.29, 1.82) is 0 Å². The Labute approximate surface area is 254 Å². The van der Waals surface area contributed by atoms with Crippen molar-refractivity contribution in [1.82, 2.24) is 0 Å². The van der Waals surface area contributed by atoms with E-state index < -0.39 is 60.8 Å². The molecule has 8 atom stereocenters. The lowest BCUT2D eigenvalue weighted by Gasteiger charge is -2.48. The second-order valence-corrected chi connectivity index (χ2v) is 11.4. The van der Waals surface area contributed by atoms with Crippen molar-refractivity contribution in [2.75, 3.05) is 11.5 Å². The number of aliphatic hydroxyl groups excluding tert-OH is 5. The second kappa shape index (κ2) is 14.1. The van der Waals surface area contributed by atoms with E-state index in [-0.39, 0.29) is 11.9 Å². The van der Waals surface area contributed by atoms with E-state index in [1.54, 1.807) is 17.0 Å². The molecule has 5 rings (SSSR count). The number of halogens is 2. The molecule has 0 saturated carbocycles. The van der Waals surface area contributed by atoms with E-state index in [2.05, 4.69) is 0 Å². The molecular formula is C34H37F2NO7. The van der Waals surface area contributed by atoms with Gasteiger partial charge in [0.1, 0.15) is 36.1 Å². The molecule has 0 aliphatic carbocycles. The van der Waals surface area contributed by atoms with Gasteiger partial charge >= 0.3 is 0 Å². The fraction of sp³-hybridized carbons (Fsp3) is 0.382. The van der Waals surface area contributed by atoms with E-state index in [0.717, 1.165) is 11.1 Å². The summed E-state index contributed by atoms with van der Waals surface area (Å²) in [5.41, 5.74) is 2.93. The smallest absolute Gasteiger partial charge is 0.233 e. The summed E-state index contributed by atoms with van der Waals surface area (Å²) >= 11 is 0. The fourth-order valence-electron chi connectivity index (χ4n) is 5.99. The van der Waals surface area contributed by atoms with Gasteiger partial charge in [0.05, 0.1) is 30.8 Å². The normalized spacial score (nSPS) is 27.8. The maximum absolute atomic E-state index is 13.6. The third-order valence-electron chi connectivity index (χ3n) is 8.52. The highest BCUT2D eigenvalue weighted by molar-refractivity contribution is 6.03. The van der Waals surface area contributed by atoms with Crippen LogP contribution in [0.25, 0.3) is 6.08 Å². The Hall–Kier alpha value is -3.51. The number of nitrogens with zero attached hydrogens (tertiary/aromatic N) is 1. The summed E-state index contributed by atoms with van der Waals surface area (Å²) in [7, 11) is 0. The topological polar surface area (TPSA) is 131 Å². The number of allylic oxidation sites excluding steroid dienone is 1. The summed E-state index contributed by atoms with van der Waals surface area (Å²) in [5, 5.41) is 50.2. The highest BCUT2D eigenvalue weighted by atomic mass is 19.1. The van der Waals surface area contributed by atoms with Gasteiger partial charge in [0, 0.05) is 5.69 Å². The van der Waals surface area contributed by atoms with Crippen molar-refractivity contribution < 1.29 is 43.8 Å². The van der Waals surface area contributed by atoms with Crippen LogP contribution in [0.2, 0.25) is 0 Å². The third-order valence-corrected chi connectivity index (χ3v) is 8.52. The van der Waals surface area contributed by atoms with Crippen LogP contribution in [-0.2, 0) is 9.53 Å². The number of rotatable bonds is 11. The summed E-state index contributed by atoms with van der Waals surface area (Å²) < 4.78 is 32.5. The Morgan fingerprint density at radius 3 is 2.07 bits per heavy atom. The maximum Gasteiger partial charge on any atom is 0.233 e. The molecular weight excluding hydrogens is 572 g/mol. The van der Waals surface area contributed by atoms with Crippen LogP contribution in [0.5, 0.6) is 0 Å². The Kier molecular flexibility index (Phi) is 10.2. The van der Waals surface area contributed by atoms with Gasteiger partial charge in [0.25, 0.3) is 0 Å². The van der Waals surface area contributed by atoms with E-state index in [1.165, 1.54) is 36.4 Å². The minimum absolute atomic E-state index is 0.120. The van der Waals surface area contributed by atoms with E-state index in [0.29, 0.717) is 36.9 Å². The van der Waals surface area contributed by atoms with Crippen LogP contribution in [0.3, 0.4) is 0 Å². The van der Waals surface area contributed by atoms with Gasteiger partial charge in [0.2, 0.25) is 5.91 Å². The third kappa shape index (κ3) is 6.91. The van der Waals surface area contributed by atoms with Crippen molar-refractivity contribution >= 4 is 17.7 Å². The maximum atomic E-state index is 13.6. The first-order valence-corrected chi connectivity index (χ1v) is 14.8. The van der Waals surface area contributed by atoms with Crippen LogP contribution in [-0.4, -0.2) is 68.6 Å². The molecule has 234 valence electrons. The minimum Gasteiger partial charge on any atom is -0.394 e. The average molecular weight is 610 g/mol. The number of aliphatic hydroxyl groups is 5. The monoisotopic (exact) mass is 609 g/mol. The van der Waals surface area contributed by atoms with Crippen LogP contribution in [0, 0.1) is 17.6 Å². The molecule has 3 aromatic carbocycles. The lowest BCUT2D eigenvalue weighted by molar-refractivity contribution is -0.230. The number of amides is 1. The molecule has 3 aromatic rings. The number of ether oxygens (including phenoxy) is 1. The van der Waals surface area contributed by atoms with Crippen LogP contribution < -0.4 is 4.90 Å². The number of carbonyl (C=O) groups is 1. The van der Waals surface area contributed by atoms with Crippen LogP contribution in [0.15, 0.2) is 78.9 Å². The summed E-state index contributed by atoms with van der Waals surface area (Å²) in [6, 6.07) is 18.7. The first kappa shape index (κ1) is 31.9. The van der Waals surface area contributed by atoms with Gasteiger partial charge in [-0.15, -0.1) is 0 Å². The molecule has 0 aromatic heterocycles. The van der Waals surface area contributed by atoms with Crippen molar-refractivity contribution in [3.63, 3.8) is 0 Å². The zero-order valence-electron chi connectivity index (χ0n) is 24.0. The molecule has 0 spiro atoms. The van der Waals surface area contributed by atoms with Crippen molar-refractivity contribution in [3.05, 3.63) is 107 Å². The number of carbonyl (C=O) groups excluding carboxylic acids is 1. The van der Waals surface area contributed by atoms with Crippen molar-refractivity contribution in [3.8, 4) is 0 Å². The molecule has 44 heavy (non-hydrogen) atoms. The predicted molar refractivity (Wildman–Crippen MR) is 159 cm³/mol. The lowest BCUT2D eigenvalue weighted by Crippen LogP contribution is -2.58. The predicted octanol–water partition coefficient (Wildman–Crippen LogP) is 3.82. The molecule has 2 aliphatic heterocycles. The van der Waals surface area contributed by atoms with E-state index in [9.17, 15) is 39.1 Å². The van der Waals surface area contributed by atoms with Gasteiger partial charge in [-0.3, -0.25) is 4.79 Å². The Morgan fingerprint density at radius 2 is 1.43 bits per heavy atom. The molecule has 2 fully saturated rings. The standard InChI is InChI=1S/C34H37F2NO7/c35-23-11-9-21(10-12-23)27(39)18-17-26-30(37(34(26)43)25-15-13-24(36)14-16-25)22-7-5-20(6-8-22)3-1-2-4-28-31(40)33(42)32(41)29(19-38)44-28/h1,3,5-16,26-33,38-42H,2,4,17-19H2/t26-,27+,28+,29-,30-,31+,32-,33-/m1/s1. The number of β-lactam (4-membered cyclic amide) rings is 1. The Balaban J connectivity index is 1.25. The molecule has 0 radical (unpaired) electrons. The zero-order chi connectivity index (χ0) is 31.4. The first-order chi connectivity index (χ1) is 21.2.